The molecule has 1 aromatic carbocycles. The maximum atomic E-state index is 13.1. The maximum Gasteiger partial charge on any atom is 0.200 e. The molecule has 4 heteroatoms. The fraction of sp³-hybridized carbons (Fsp3) is 0.400. The van der Waals surface area contributed by atoms with Crippen LogP contribution in [0.5, 0.6) is 5.75 Å². The number of hydrogen-bond acceptors (Lipinski definition) is 2. The van der Waals surface area contributed by atoms with Gasteiger partial charge >= 0.3 is 0 Å². The Balaban J connectivity index is 3.33. The van der Waals surface area contributed by atoms with E-state index >= 15 is 0 Å². The molecule has 0 saturated heterocycles. The van der Waals surface area contributed by atoms with Crippen LogP contribution in [0.4, 0.5) is 8.78 Å². The number of phenols is 1. The van der Waals surface area contributed by atoms with Crippen LogP contribution in [0.3, 0.4) is 0 Å². The van der Waals surface area contributed by atoms with Gasteiger partial charge in [-0.1, -0.05) is 6.92 Å². The smallest absolute Gasteiger partial charge is 0.200 e. The van der Waals surface area contributed by atoms with Gasteiger partial charge in [0.25, 0.3) is 0 Å². The summed E-state index contributed by atoms with van der Waals surface area (Å²) in [5.41, 5.74) is 6.04. The summed E-state index contributed by atoms with van der Waals surface area (Å²) in [7, 11) is 0. The van der Waals surface area contributed by atoms with Crippen molar-refractivity contribution in [3.8, 4) is 5.75 Å². The fourth-order valence-corrected chi connectivity index (χ4v) is 1.27. The van der Waals surface area contributed by atoms with Gasteiger partial charge in [0.2, 0.25) is 5.82 Å². The fourth-order valence-electron chi connectivity index (χ4n) is 1.27. The van der Waals surface area contributed by atoms with Crippen molar-refractivity contribution in [2.75, 3.05) is 0 Å². The first kappa shape index (κ1) is 10.9. The molecule has 0 spiro atoms. The highest BCUT2D eigenvalue weighted by Gasteiger charge is 2.18. The molecule has 0 aromatic heterocycles. The second kappa shape index (κ2) is 3.92. The molecule has 0 fully saturated rings. The summed E-state index contributed by atoms with van der Waals surface area (Å²) in [6, 6.07) is 0.908. The largest absolute Gasteiger partial charge is 0.505 e. The zero-order valence-electron chi connectivity index (χ0n) is 8.14. The molecule has 1 unspecified atom stereocenters. The maximum absolute atomic E-state index is 13.1. The van der Waals surface area contributed by atoms with E-state index in [9.17, 15) is 13.9 Å². The Labute approximate surface area is 81.4 Å². The Bertz CT molecular complexity index is 352. The first-order chi connectivity index (χ1) is 6.49. The van der Waals surface area contributed by atoms with E-state index in [2.05, 4.69) is 0 Å². The summed E-state index contributed by atoms with van der Waals surface area (Å²) in [5, 5.41) is 9.31. The van der Waals surface area contributed by atoms with Gasteiger partial charge in [-0.05, 0) is 25.0 Å². The van der Waals surface area contributed by atoms with Gasteiger partial charge in [0.1, 0.15) is 0 Å². The van der Waals surface area contributed by atoms with Crippen molar-refractivity contribution in [2.45, 2.75) is 26.3 Å². The van der Waals surface area contributed by atoms with E-state index in [1.807, 2.05) is 0 Å². The average molecular weight is 201 g/mol. The normalized spacial score (nSPS) is 12.9. The lowest BCUT2D eigenvalue weighted by Gasteiger charge is -2.13. The molecule has 0 saturated carbocycles. The van der Waals surface area contributed by atoms with E-state index in [1.165, 1.54) is 13.0 Å². The molecule has 78 valence electrons. The lowest BCUT2D eigenvalue weighted by Crippen LogP contribution is -2.10. The van der Waals surface area contributed by atoms with Crippen LogP contribution in [0.25, 0.3) is 0 Å². The van der Waals surface area contributed by atoms with E-state index in [0.29, 0.717) is 6.42 Å². The van der Waals surface area contributed by atoms with E-state index < -0.39 is 23.4 Å². The molecule has 0 aliphatic carbocycles. The molecular formula is C10H13F2NO. The molecule has 2 nitrogen and oxygen atoms in total. The first-order valence-electron chi connectivity index (χ1n) is 4.42. The van der Waals surface area contributed by atoms with Gasteiger partial charge in [0.05, 0.1) is 0 Å². The quantitative estimate of drug-likeness (QED) is 0.771. The number of nitrogens with two attached hydrogens (primary N) is 1. The standard InChI is InChI=1S/C10H13F2NO/c1-3-7(13)6-4-5(2)8(11)9(12)10(6)14/h4,7,14H,3,13H2,1-2H3. The van der Waals surface area contributed by atoms with Gasteiger partial charge in [-0.3, -0.25) is 0 Å². The Morgan fingerprint density at radius 3 is 2.50 bits per heavy atom. The zero-order valence-corrected chi connectivity index (χ0v) is 8.14. The van der Waals surface area contributed by atoms with Crippen molar-refractivity contribution in [3.05, 3.63) is 28.8 Å². The minimum Gasteiger partial charge on any atom is -0.505 e. The predicted octanol–water partition coefficient (Wildman–Crippen LogP) is 2.39. The SMILES string of the molecule is CCC(N)c1cc(C)c(F)c(F)c1O. The number of aryl methyl sites for hydroxylation is 1. The molecule has 3 N–H and O–H groups in total. The van der Waals surface area contributed by atoms with Crippen molar-refractivity contribution < 1.29 is 13.9 Å². The number of hydrogen-bond donors (Lipinski definition) is 2. The molecule has 1 aromatic rings. The number of benzene rings is 1. The minimum atomic E-state index is -1.22. The molecule has 0 aliphatic rings. The summed E-state index contributed by atoms with van der Waals surface area (Å²) in [5.74, 6) is -2.92. The third kappa shape index (κ3) is 1.70. The van der Waals surface area contributed by atoms with Crippen molar-refractivity contribution in [2.24, 2.45) is 5.73 Å². The number of phenolic OH excluding ortho intramolecular Hbond substituents is 1. The topological polar surface area (TPSA) is 46.2 Å². The van der Waals surface area contributed by atoms with Crippen LogP contribution in [0.1, 0.15) is 30.5 Å². The van der Waals surface area contributed by atoms with Gasteiger partial charge in [0, 0.05) is 11.6 Å². The van der Waals surface area contributed by atoms with Crippen LogP contribution in [-0.2, 0) is 0 Å². The van der Waals surface area contributed by atoms with Crippen LogP contribution in [0, 0.1) is 18.6 Å². The average Bonchev–Trinajstić information content (AvgIpc) is 2.19. The van der Waals surface area contributed by atoms with Gasteiger partial charge < -0.3 is 10.8 Å². The van der Waals surface area contributed by atoms with Crippen LogP contribution < -0.4 is 5.73 Å². The third-order valence-corrected chi connectivity index (χ3v) is 2.23. The van der Waals surface area contributed by atoms with E-state index in [1.54, 1.807) is 6.92 Å². The van der Waals surface area contributed by atoms with Gasteiger partial charge in [-0.2, -0.15) is 4.39 Å². The molecule has 14 heavy (non-hydrogen) atoms. The van der Waals surface area contributed by atoms with Crippen molar-refractivity contribution in [1.82, 2.24) is 0 Å². The third-order valence-electron chi connectivity index (χ3n) is 2.23. The summed E-state index contributed by atoms with van der Waals surface area (Å²) in [4.78, 5) is 0. The highest BCUT2D eigenvalue weighted by molar-refractivity contribution is 5.40. The Morgan fingerprint density at radius 2 is 2.00 bits per heavy atom. The monoisotopic (exact) mass is 201 g/mol. The minimum absolute atomic E-state index is 0.152. The Kier molecular flexibility index (Phi) is 3.06. The van der Waals surface area contributed by atoms with E-state index in [-0.39, 0.29) is 11.1 Å². The molecule has 0 radical (unpaired) electrons. The molecule has 1 rings (SSSR count). The second-order valence-corrected chi connectivity index (χ2v) is 3.27. The highest BCUT2D eigenvalue weighted by Crippen LogP contribution is 2.30. The summed E-state index contributed by atoms with van der Waals surface area (Å²) in [6.07, 6.45) is 0.554. The molecular weight excluding hydrogens is 188 g/mol. The van der Waals surface area contributed by atoms with Gasteiger partial charge in [0.15, 0.2) is 11.6 Å². The van der Waals surface area contributed by atoms with Crippen LogP contribution in [-0.4, -0.2) is 5.11 Å². The lowest BCUT2D eigenvalue weighted by molar-refractivity contribution is 0.394. The molecule has 0 aliphatic heterocycles. The van der Waals surface area contributed by atoms with Crippen molar-refractivity contribution in [1.29, 1.82) is 0 Å². The van der Waals surface area contributed by atoms with Crippen LogP contribution in [0.2, 0.25) is 0 Å². The van der Waals surface area contributed by atoms with Crippen molar-refractivity contribution in [3.63, 3.8) is 0 Å². The predicted molar refractivity (Wildman–Crippen MR) is 50.0 cm³/mol. The molecule has 1 atom stereocenters. The zero-order chi connectivity index (χ0) is 10.9. The van der Waals surface area contributed by atoms with Gasteiger partial charge in [-0.15, -0.1) is 0 Å². The summed E-state index contributed by atoms with van der Waals surface area (Å²) >= 11 is 0. The number of rotatable bonds is 2. The van der Waals surface area contributed by atoms with Crippen LogP contribution >= 0.6 is 0 Å². The molecule has 0 amide bonds. The first-order valence-corrected chi connectivity index (χ1v) is 4.42. The molecule has 0 heterocycles. The van der Waals surface area contributed by atoms with Crippen LogP contribution in [0.15, 0.2) is 6.07 Å². The molecule has 0 bridgehead atoms. The van der Waals surface area contributed by atoms with Crippen molar-refractivity contribution >= 4 is 0 Å². The Hall–Kier alpha value is -1.16. The second-order valence-electron chi connectivity index (χ2n) is 3.27. The summed E-state index contributed by atoms with van der Waals surface area (Å²) in [6.45, 7) is 3.24. The van der Waals surface area contributed by atoms with Gasteiger partial charge in [-0.25, -0.2) is 4.39 Å². The van der Waals surface area contributed by atoms with E-state index in [4.69, 9.17) is 5.73 Å². The summed E-state index contributed by atoms with van der Waals surface area (Å²) < 4.78 is 26.0. The number of aromatic hydroxyl groups is 1. The number of halogens is 2. The Morgan fingerprint density at radius 1 is 1.43 bits per heavy atom. The highest BCUT2D eigenvalue weighted by atomic mass is 19.2. The van der Waals surface area contributed by atoms with E-state index in [0.717, 1.165) is 0 Å². The lowest BCUT2D eigenvalue weighted by atomic mass is 10.0.